The normalized spacial score (nSPS) is 24.7. The minimum Gasteiger partial charge on any atom is -0.276 e. The van der Waals surface area contributed by atoms with Gasteiger partial charge in [0.05, 0.1) is 11.9 Å². The van der Waals surface area contributed by atoms with Crippen LogP contribution in [-0.2, 0) is 12.5 Å². The van der Waals surface area contributed by atoms with Gasteiger partial charge in [-0.15, -0.1) is 5.10 Å². The molecule has 0 fully saturated rings. The van der Waals surface area contributed by atoms with Gasteiger partial charge in [0.2, 0.25) is 5.95 Å². The lowest BCUT2D eigenvalue weighted by atomic mass is 9.81. The molecule has 0 N–H and O–H groups in total. The number of aromatic nitrogens is 5. The SMILES string of the molecule is CC1C[C@](C)(c2cnn(C)c2)c2c1cnc1cc(F)nn21. The van der Waals surface area contributed by atoms with Crippen molar-refractivity contribution >= 4 is 5.65 Å². The van der Waals surface area contributed by atoms with E-state index in [1.54, 1.807) is 9.20 Å². The maximum absolute atomic E-state index is 13.6. The average Bonchev–Trinajstić information content (AvgIpc) is 3.07. The molecule has 2 atom stereocenters. The second kappa shape index (κ2) is 3.90. The molecule has 1 aliphatic carbocycles. The monoisotopic (exact) mass is 285 g/mol. The van der Waals surface area contributed by atoms with Gasteiger partial charge >= 0.3 is 0 Å². The third kappa shape index (κ3) is 1.58. The van der Waals surface area contributed by atoms with Crippen LogP contribution in [-0.4, -0.2) is 24.4 Å². The van der Waals surface area contributed by atoms with Gasteiger partial charge in [-0.25, -0.2) is 9.50 Å². The van der Waals surface area contributed by atoms with Gasteiger partial charge in [0.25, 0.3) is 0 Å². The highest BCUT2D eigenvalue weighted by atomic mass is 19.1. The Balaban J connectivity index is 2.05. The van der Waals surface area contributed by atoms with Crippen LogP contribution in [0, 0.1) is 5.95 Å². The van der Waals surface area contributed by atoms with E-state index in [0.29, 0.717) is 11.6 Å². The van der Waals surface area contributed by atoms with E-state index in [-0.39, 0.29) is 5.41 Å². The van der Waals surface area contributed by atoms with Gasteiger partial charge in [-0.05, 0) is 24.8 Å². The predicted octanol–water partition coefficient (Wildman–Crippen LogP) is 2.42. The van der Waals surface area contributed by atoms with Crippen molar-refractivity contribution in [2.75, 3.05) is 0 Å². The molecule has 0 aliphatic heterocycles. The van der Waals surface area contributed by atoms with Crippen LogP contribution in [0.25, 0.3) is 5.65 Å². The highest BCUT2D eigenvalue weighted by molar-refractivity contribution is 5.50. The number of fused-ring (bicyclic) bond motifs is 3. The van der Waals surface area contributed by atoms with E-state index < -0.39 is 5.95 Å². The molecular formula is C15H16FN5. The van der Waals surface area contributed by atoms with Crippen LogP contribution < -0.4 is 0 Å². The Morgan fingerprint density at radius 2 is 2.19 bits per heavy atom. The van der Waals surface area contributed by atoms with Gasteiger partial charge in [-0.2, -0.15) is 9.49 Å². The molecule has 1 aliphatic rings. The van der Waals surface area contributed by atoms with Gasteiger partial charge in [-0.3, -0.25) is 4.68 Å². The lowest BCUT2D eigenvalue weighted by Gasteiger charge is -2.24. The quantitative estimate of drug-likeness (QED) is 0.690. The highest BCUT2D eigenvalue weighted by Gasteiger charge is 2.43. The summed E-state index contributed by atoms with van der Waals surface area (Å²) in [6.07, 6.45) is 6.70. The van der Waals surface area contributed by atoms with E-state index in [9.17, 15) is 4.39 Å². The van der Waals surface area contributed by atoms with Crippen LogP contribution in [0.3, 0.4) is 0 Å². The summed E-state index contributed by atoms with van der Waals surface area (Å²) in [6, 6.07) is 1.37. The summed E-state index contributed by atoms with van der Waals surface area (Å²) >= 11 is 0. The van der Waals surface area contributed by atoms with Crippen molar-refractivity contribution in [2.45, 2.75) is 31.6 Å². The van der Waals surface area contributed by atoms with Gasteiger partial charge in [0.15, 0.2) is 5.65 Å². The lowest BCUT2D eigenvalue weighted by Crippen LogP contribution is -2.23. The molecular weight excluding hydrogens is 269 g/mol. The number of halogens is 1. The van der Waals surface area contributed by atoms with Crippen LogP contribution in [0.5, 0.6) is 0 Å². The molecule has 0 saturated carbocycles. The second-order valence-corrected chi connectivity index (χ2v) is 6.14. The first-order valence-electron chi connectivity index (χ1n) is 7.03. The molecule has 4 rings (SSSR count). The number of rotatable bonds is 1. The van der Waals surface area contributed by atoms with Gasteiger partial charge in [0.1, 0.15) is 0 Å². The summed E-state index contributed by atoms with van der Waals surface area (Å²) in [5, 5.41) is 8.29. The van der Waals surface area contributed by atoms with Crippen molar-refractivity contribution in [1.29, 1.82) is 0 Å². The van der Waals surface area contributed by atoms with Crippen LogP contribution >= 0.6 is 0 Å². The fourth-order valence-electron chi connectivity index (χ4n) is 3.61. The zero-order chi connectivity index (χ0) is 14.8. The summed E-state index contributed by atoms with van der Waals surface area (Å²) in [5.74, 6) is -0.140. The molecule has 3 heterocycles. The minimum absolute atomic E-state index is 0.233. The molecule has 3 aromatic heterocycles. The fourth-order valence-corrected chi connectivity index (χ4v) is 3.61. The van der Waals surface area contributed by atoms with Crippen molar-refractivity contribution in [2.24, 2.45) is 7.05 Å². The number of hydrogen-bond acceptors (Lipinski definition) is 3. The summed E-state index contributed by atoms with van der Waals surface area (Å²) in [5.41, 5.74) is 3.60. The third-order valence-electron chi connectivity index (χ3n) is 4.59. The molecule has 0 aromatic carbocycles. The molecule has 0 amide bonds. The van der Waals surface area contributed by atoms with Crippen molar-refractivity contribution < 1.29 is 4.39 Å². The zero-order valence-electron chi connectivity index (χ0n) is 12.2. The van der Waals surface area contributed by atoms with E-state index in [4.69, 9.17) is 0 Å². The average molecular weight is 285 g/mol. The Morgan fingerprint density at radius 1 is 1.38 bits per heavy atom. The Morgan fingerprint density at radius 3 is 2.90 bits per heavy atom. The van der Waals surface area contributed by atoms with E-state index >= 15 is 0 Å². The standard InChI is InChI=1S/C15H16FN5/c1-9-5-15(2,10-6-18-20(3)8-10)14-11(9)7-17-13-4-12(16)19-21(13)14/h4,6-9H,5H2,1-3H3/t9?,15-/m1/s1. The van der Waals surface area contributed by atoms with Gasteiger partial charge < -0.3 is 0 Å². The second-order valence-electron chi connectivity index (χ2n) is 6.14. The highest BCUT2D eigenvalue weighted by Crippen LogP contribution is 2.49. The molecule has 108 valence electrons. The molecule has 0 radical (unpaired) electrons. The fraction of sp³-hybridized carbons (Fsp3) is 0.400. The molecule has 1 unspecified atom stereocenters. The Kier molecular flexibility index (Phi) is 2.32. The summed E-state index contributed by atoms with van der Waals surface area (Å²) < 4.78 is 17.0. The number of nitrogens with zero attached hydrogens (tertiary/aromatic N) is 5. The van der Waals surface area contributed by atoms with Crippen molar-refractivity contribution in [1.82, 2.24) is 24.4 Å². The first kappa shape index (κ1) is 12.5. The van der Waals surface area contributed by atoms with Crippen LogP contribution in [0.4, 0.5) is 4.39 Å². The zero-order valence-corrected chi connectivity index (χ0v) is 12.2. The van der Waals surface area contributed by atoms with E-state index in [0.717, 1.165) is 23.2 Å². The largest absolute Gasteiger partial charge is 0.276 e. The van der Waals surface area contributed by atoms with Crippen molar-refractivity contribution in [3.8, 4) is 0 Å². The van der Waals surface area contributed by atoms with Crippen LogP contribution in [0.1, 0.15) is 43.0 Å². The van der Waals surface area contributed by atoms with E-state index in [1.807, 2.05) is 25.6 Å². The maximum atomic E-state index is 13.6. The summed E-state index contributed by atoms with van der Waals surface area (Å²) in [7, 11) is 1.90. The van der Waals surface area contributed by atoms with Crippen molar-refractivity contribution in [3.05, 3.63) is 47.4 Å². The van der Waals surface area contributed by atoms with Gasteiger partial charge in [0, 0.05) is 36.5 Å². The van der Waals surface area contributed by atoms with Crippen LogP contribution in [0.15, 0.2) is 24.7 Å². The minimum atomic E-state index is -0.496. The first-order valence-corrected chi connectivity index (χ1v) is 7.03. The van der Waals surface area contributed by atoms with E-state index in [1.165, 1.54) is 6.07 Å². The van der Waals surface area contributed by atoms with E-state index in [2.05, 4.69) is 29.0 Å². The summed E-state index contributed by atoms with van der Waals surface area (Å²) in [4.78, 5) is 4.33. The topological polar surface area (TPSA) is 48.0 Å². The number of hydrogen-bond donors (Lipinski definition) is 0. The van der Waals surface area contributed by atoms with Crippen LogP contribution in [0.2, 0.25) is 0 Å². The Labute approximate surface area is 121 Å². The first-order chi connectivity index (χ1) is 9.99. The molecule has 21 heavy (non-hydrogen) atoms. The smallest absolute Gasteiger partial charge is 0.235 e. The molecule has 5 nitrogen and oxygen atoms in total. The van der Waals surface area contributed by atoms with Gasteiger partial charge in [-0.1, -0.05) is 6.92 Å². The lowest BCUT2D eigenvalue weighted by molar-refractivity contribution is 0.499. The predicted molar refractivity (Wildman–Crippen MR) is 75.6 cm³/mol. The summed E-state index contributed by atoms with van der Waals surface area (Å²) in [6.45, 7) is 4.35. The maximum Gasteiger partial charge on any atom is 0.235 e. The number of aryl methyl sites for hydroxylation is 1. The Hall–Kier alpha value is -2.24. The van der Waals surface area contributed by atoms with Crippen molar-refractivity contribution in [3.63, 3.8) is 0 Å². The molecule has 0 spiro atoms. The molecule has 0 saturated heterocycles. The molecule has 6 heteroatoms. The molecule has 3 aromatic rings. The Bertz CT molecular complexity index is 849. The third-order valence-corrected chi connectivity index (χ3v) is 4.59. The molecule has 0 bridgehead atoms.